The van der Waals surface area contributed by atoms with Crippen LogP contribution in [-0.2, 0) is 11.3 Å². The molecule has 7 nitrogen and oxygen atoms in total. The molecule has 10 heteroatoms. The van der Waals surface area contributed by atoms with Crippen molar-refractivity contribution < 1.29 is 13.9 Å². The molecule has 1 saturated heterocycles. The molecule has 0 atom stereocenters. The van der Waals surface area contributed by atoms with Gasteiger partial charge in [-0.2, -0.15) is 5.10 Å². The van der Waals surface area contributed by atoms with E-state index in [-0.39, 0.29) is 17.7 Å². The first-order chi connectivity index (χ1) is 16.5. The zero-order valence-corrected chi connectivity index (χ0v) is 20.6. The average molecular weight is 522 g/mol. The lowest BCUT2D eigenvalue weighted by Crippen LogP contribution is -2.43. The van der Waals surface area contributed by atoms with Gasteiger partial charge in [-0.05, 0) is 60.9 Å². The molecule has 1 fully saturated rings. The molecule has 0 unspecified atom stereocenters. The van der Waals surface area contributed by atoms with Crippen molar-refractivity contribution in [3.05, 3.63) is 68.3 Å². The van der Waals surface area contributed by atoms with Crippen LogP contribution < -0.4 is 5.43 Å². The molecule has 4 heterocycles. The van der Waals surface area contributed by atoms with Crippen LogP contribution >= 0.6 is 34.8 Å². The fraction of sp³-hybridized carbons (Fsp3) is 0.333. The van der Waals surface area contributed by atoms with Crippen LogP contribution in [0.1, 0.15) is 53.2 Å². The summed E-state index contributed by atoms with van der Waals surface area (Å²) in [6.07, 6.45) is 6.28. The number of aromatic nitrogens is 2. The van der Waals surface area contributed by atoms with Crippen LogP contribution in [0, 0.1) is 0 Å². The highest BCUT2D eigenvalue weighted by Gasteiger charge is 2.30. The predicted octanol–water partition coefficient (Wildman–Crippen LogP) is 6.02. The Morgan fingerprint density at radius 1 is 1.03 bits per heavy atom. The minimum Gasteiger partial charge on any atom is -0.445 e. The normalized spacial score (nSPS) is 18.0. The molecule has 2 aromatic heterocycles. The fourth-order valence-electron chi connectivity index (χ4n) is 4.32. The van der Waals surface area contributed by atoms with Crippen molar-refractivity contribution in [2.45, 2.75) is 32.3 Å². The van der Waals surface area contributed by atoms with Crippen LogP contribution in [0.3, 0.4) is 0 Å². The number of hydrazine groups is 1. The maximum Gasteiger partial charge on any atom is 0.286 e. The number of amides is 1. The van der Waals surface area contributed by atoms with E-state index in [4.69, 9.17) is 49.1 Å². The van der Waals surface area contributed by atoms with Crippen molar-refractivity contribution in [2.75, 3.05) is 19.7 Å². The molecular formula is C24H23Cl3N4O3. The second-order valence-corrected chi connectivity index (χ2v) is 9.55. The van der Waals surface area contributed by atoms with Crippen molar-refractivity contribution in [1.82, 2.24) is 20.2 Å². The van der Waals surface area contributed by atoms with Crippen LogP contribution in [0.25, 0.3) is 17.3 Å². The second-order valence-electron chi connectivity index (χ2n) is 8.33. The largest absolute Gasteiger partial charge is 0.445 e. The number of fused-ring (bicyclic) bond motifs is 1. The number of hydrogen-bond donors (Lipinski definition) is 1. The summed E-state index contributed by atoms with van der Waals surface area (Å²) < 4.78 is 13.1. The molecule has 0 bridgehead atoms. The van der Waals surface area contributed by atoms with Crippen LogP contribution in [-0.4, -0.2) is 40.4 Å². The highest BCUT2D eigenvalue weighted by atomic mass is 35.5. The average Bonchev–Trinajstić information content (AvgIpc) is 3.30. The molecule has 1 N–H and O–H groups in total. The van der Waals surface area contributed by atoms with Crippen LogP contribution in [0.5, 0.6) is 0 Å². The zero-order chi connectivity index (χ0) is 23.7. The summed E-state index contributed by atoms with van der Waals surface area (Å²) in [7, 11) is 0. The molecule has 2 aliphatic rings. The minimum atomic E-state index is -0.270. The Balaban J connectivity index is 1.60. The molecule has 2 aliphatic heterocycles. The van der Waals surface area contributed by atoms with Crippen LogP contribution in [0.15, 0.2) is 34.7 Å². The molecule has 1 amide bonds. The van der Waals surface area contributed by atoms with Crippen LogP contribution in [0.4, 0.5) is 0 Å². The molecule has 178 valence electrons. The number of rotatable bonds is 4. The third-order valence-corrected chi connectivity index (χ3v) is 6.66. The molecular weight excluding hydrogens is 499 g/mol. The van der Waals surface area contributed by atoms with E-state index in [1.54, 1.807) is 35.0 Å². The number of furan rings is 1. The van der Waals surface area contributed by atoms with Gasteiger partial charge >= 0.3 is 0 Å². The Morgan fingerprint density at radius 3 is 2.53 bits per heavy atom. The number of nitrogens with zero attached hydrogens (tertiary/aromatic N) is 3. The van der Waals surface area contributed by atoms with Gasteiger partial charge in [-0.15, -0.1) is 0 Å². The van der Waals surface area contributed by atoms with Crippen molar-refractivity contribution in [3.63, 3.8) is 0 Å². The third kappa shape index (κ3) is 4.90. The van der Waals surface area contributed by atoms with E-state index in [9.17, 15) is 4.79 Å². The third-order valence-electron chi connectivity index (χ3n) is 5.92. The van der Waals surface area contributed by atoms with Gasteiger partial charge in [-0.1, -0.05) is 36.0 Å². The number of ether oxygens (including phenoxy) is 1. The van der Waals surface area contributed by atoms with Gasteiger partial charge in [0.1, 0.15) is 5.76 Å². The summed E-state index contributed by atoms with van der Waals surface area (Å²) >= 11 is 18.6. The molecule has 1 aromatic carbocycles. The topological polar surface area (TPSA) is 72.5 Å². The lowest BCUT2D eigenvalue weighted by Gasteiger charge is -2.21. The van der Waals surface area contributed by atoms with Gasteiger partial charge in [0.05, 0.1) is 29.6 Å². The summed E-state index contributed by atoms with van der Waals surface area (Å²) in [6, 6.07) is 8.62. The molecule has 0 aliphatic carbocycles. The Bertz CT molecular complexity index is 1240. The minimum absolute atomic E-state index is 0.250. The summed E-state index contributed by atoms with van der Waals surface area (Å²) in [5.41, 5.74) is 6.17. The predicted molar refractivity (Wildman–Crippen MR) is 132 cm³/mol. The number of carbonyl (C=O) groups excluding carboxylic acids is 1. The van der Waals surface area contributed by atoms with E-state index in [0.717, 1.165) is 37.2 Å². The van der Waals surface area contributed by atoms with Crippen molar-refractivity contribution in [3.8, 4) is 5.69 Å². The van der Waals surface area contributed by atoms with E-state index in [2.05, 4.69) is 5.43 Å². The van der Waals surface area contributed by atoms with E-state index in [1.807, 2.05) is 11.1 Å². The van der Waals surface area contributed by atoms with E-state index in [1.165, 1.54) is 12.8 Å². The van der Waals surface area contributed by atoms with E-state index in [0.29, 0.717) is 39.4 Å². The molecule has 5 rings (SSSR count). The van der Waals surface area contributed by atoms with E-state index < -0.39 is 0 Å². The Hall–Kier alpha value is -2.29. The summed E-state index contributed by atoms with van der Waals surface area (Å²) in [6.45, 7) is 2.20. The molecule has 0 spiro atoms. The first-order valence-electron chi connectivity index (χ1n) is 11.2. The highest BCUT2D eigenvalue weighted by Crippen LogP contribution is 2.35. The van der Waals surface area contributed by atoms with Gasteiger partial charge in [-0.3, -0.25) is 10.2 Å². The van der Waals surface area contributed by atoms with Crippen molar-refractivity contribution in [1.29, 1.82) is 0 Å². The SMILES string of the molecule is O=C(NN1CCCCCC1)c1nn(-c2ccc(Cl)cc2Cl)c2c1COCC2=Cc1ccc(Cl)o1. The number of halogens is 3. The fourth-order valence-corrected chi connectivity index (χ4v) is 4.97. The van der Waals surface area contributed by atoms with Gasteiger partial charge < -0.3 is 9.15 Å². The number of carbonyl (C=O) groups is 1. The summed E-state index contributed by atoms with van der Waals surface area (Å²) in [5, 5.41) is 7.91. The molecule has 34 heavy (non-hydrogen) atoms. The maximum atomic E-state index is 13.4. The summed E-state index contributed by atoms with van der Waals surface area (Å²) in [5.74, 6) is 0.301. The van der Waals surface area contributed by atoms with Gasteiger partial charge in [0.15, 0.2) is 10.9 Å². The quantitative estimate of drug-likeness (QED) is 0.455. The Labute approximate surface area is 212 Å². The van der Waals surface area contributed by atoms with E-state index >= 15 is 0 Å². The molecule has 0 saturated carbocycles. The van der Waals surface area contributed by atoms with Gasteiger partial charge in [-0.25, -0.2) is 9.69 Å². The molecule has 3 aromatic rings. The lowest BCUT2D eigenvalue weighted by atomic mass is 10.0. The Morgan fingerprint density at radius 2 is 1.82 bits per heavy atom. The van der Waals surface area contributed by atoms with Crippen molar-refractivity contribution >= 4 is 52.4 Å². The lowest BCUT2D eigenvalue weighted by molar-refractivity contribution is 0.0781. The smallest absolute Gasteiger partial charge is 0.286 e. The monoisotopic (exact) mass is 520 g/mol. The number of hydrogen-bond acceptors (Lipinski definition) is 5. The van der Waals surface area contributed by atoms with Crippen LogP contribution in [0.2, 0.25) is 15.3 Å². The highest BCUT2D eigenvalue weighted by molar-refractivity contribution is 6.35. The van der Waals surface area contributed by atoms with Gasteiger partial charge in [0.2, 0.25) is 0 Å². The van der Waals surface area contributed by atoms with Gasteiger partial charge in [0, 0.05) is 29.2 Å². The Kier molecular flexibility index (Phi) is 6.99. The van der Waals surface area contributed by atoms with Gasteiger partial charge in [0.25, 0.3) is 5.91 Å². The number of nitrogens with one attached hydrogen (secondary N) is 1. The second kappa shape index (κ2) is 10.1. The van der Waals surface area contributed by atoms with Crippen molar-refractivity contribution in [2.24, 2.45) is 0 Å². The number of benzene rings is 1. The maximum absolute atomic E-state index is 13.4. The standard InChI is InChI=1S/C24H23Cl3N4O3/c25-16-5-7-20(19(26)12-16)31-23-15(11-17-6-8-21(27)34-17)13-33-14-18(23)22(28-31)24(32)29-30-9-3-1-2-4-10-30/h5-8,11-12H,1-4,9-10,13-14H2,(H,29,32). The molecule has 0 radical (unpaired) electrons. The zero-order valence-electron chi connectivity index (χ0n) is 18.3. The first kappa shape index (κ1) is 23.5. The first-order valence-corrected chi connectivity index (χ1v) is 12.3. The summed E-state index contributed by atoms with van der Waals surface area (Å²) in [4.78, 5) is 13.4.